The van der Waals surface area contributed by atoms with Gasteiger partial charge in [0.2, 0.25) is 0 Å². The quantitative estimate of drug-likeness (QED) is 0.242. The molecule has 4 aromatic carbocycles. The van der Waals surface area contributed by atoms with E-state index in [1.807, 2.05) is 0 Å². The number of furan rings is 1. The first-order valence-electron chi connectivity index (χ1n) is 14.0. The molecule has 0 N–H and O–H groups in total. The summed E-state index contributed by atoms with van der Waals surface area (Å²) in [5.41, 5.74) is 11.3. The van der Waals surface area contributed by atoms with Crippen LogP contribution in [0.1, 0.15) is 24.8 Å². The van der Waals surface area contributed by atoms with Gasteiger partial charge in [0, 0.05) is 22.3 Å². The van der Waals surface area contributed by atoms with Crippen LogP contribution in [0, 0.1) is 5.92 Å². The highest BCUT2D eigenvalue weighted by atomic mass is 16.3. The molecule has 1 nitrogen and oxygen atoms in total. The molecule has 1 atom stereocenters. The highest BCUT2D eigenvalue weighted by molar-refractivity contribution is 6.14. The number of rotatable bonds is 3. The minimum atomic E-state index is 0.305. The Morgan fingerprint density at radius 1 is 0.667 bits per heavy atom. The first kappa shape index (κ1) is 22.4. The molecule has 0 radical (unpaired) electrons. The van der Waals surface area contributed by atoms with Crippen LogP contribution < -0.4 is 10.4 Å². The molecule has 0 fully saturated rings. The standard InChI is InChI=1S/C38H28O/c1-3-13-25(14-4-1)27-21-11-23-33-37-32(22-12-24-34(37)39-38(27)33)36-30-19-9-7-17-28(30)35(26-15-5-2-6-16-26)29-18-8-10-20-31(29)36/h1-5,7-15,17-19,21-24,31H,6,16,20H2. The smallest absolute Gasteiger partial charge is 0.143 e. The minimum absolute atomic E-state index is 0.305. The third-order valence-electron chi connectivity index (χ3n) is 8.52. The molecule has 39 heavy (non-hydrogen) atoms. The number of hydrogen-bond acceptors (Lipinski definition) is 1. The van der Waals surface area contributed by atoms with Crippen LogP contribution in [0.3, 0.4) is 0 Å². The van der Waals surface area contributed by atoms with Gasteiger partial charge in [0.1, 0.15) is 11.2 Å². The maximum absolute atomic E-state index is 6.65. The number of para-hydroxylation sites is 1. The van der Waals surface area contributed by atoms with E-state index in [4.69, 9.17) is 4.42 Å². The van der Waals surface area contributed by atoms with Crippen LogP contribution in [0.15, 0.2) is 143 Å². The molecule has 0 saturated heterocycles. The molecule has 5 aromatic rings. The van der Waals surface area contributed by atoms with E-state index >= 15 is 0 Å². The molecular weight excluding hydrogens is 472 g/mol. The van der Waals surface area contributed by atoms with Gasteiger partial charge < -0.3 is 4.42 Å². The highest BCUT2D eigenvalue weighted by Gasteiger charge is 2.31. The molecule has 0 amide bonds. The van der Waals surface area contributed by atoms with Crippen molar-refractivity contribution >= 4 is 33.1 Å². The Bertz CT molecular complexity index is 2030. The third kappa shape index (κ3) is 3.47. The van der Waals surface area contributed by atoms with Crippen LogP contribution in [0.2, 0.25) is 0 Å². The summed E-state index contributed by atoms with van der Waals surface area (Å²) in [6, 6.07) is 32.7. The van der Waals surface area contributed by atoms with Crippen LogP contribution in [0.4, 0.5) is 0 Å². The number of benzene rings is 4. The lowest BCUT2D eigenvalue weighted by atomic mass is 9.71. The molecular formula is C38H28O. The average Bonchev–Trinajstić information content (AvgIpc) is 3.40. The molecule has 0 saturated carbocycles. The third-order valence-corrected chi connectivity index (χ3v) is 8.52. The average molecular weight is 501 g/mol. The van der Waals surface area contributed by atoms with Crippen LogP contribution in [-0.2, 0) is 0 Å². The molecule has 0 aliphatic heterocycles. The van der Waals surface area contributed by atoms with Gasteiger partial charge in [0.05, 0.1) is 0 Å². The van der Waals surface area contributed by atoms with Crippen molar-refractivity contribution in [3.05, 3.63) is 155 Å². The van der Waals surface area contributed by atoms with E-state index in [2.05, 4.69) is 127 Å². The zero-order chi connectivity index (χ0) is 25.8. The van der Waals surface area contributed by atoms with E-state index in [9.17, 15) is 0 Å². The van der Waals surface area contributed by atoms with E-state index in [0.717, 1.165) is 36.0 Å². The highest BCUT2D eigenvalue weighted by Crippen LogP contribution is 2.45. The molecule has 186 valence electrons. The van der Waals surface area contributed by atoms with Crippen LogP contribution in [0.25, 0.3) is 44.2 Å². The fourth-order valence-corrected chi connectivity index (χ4v) is 6.86. The van der Waals surface area contributed by atoms with Crippen LogP contribution >= 0.6 is 0 Å². The van der Waals surface area contributed by atoms with Crippen molar-refractivity contribution in [1.29, 1.82) is 0 Å². The topological polar surface area (TPSA) is 13.1 Å². The Morgan fingerprint density at radius 3 is 2.33 bits per heavy atom. The van der Waals surface area contributed by atoms with E-state index in [1.54, 1.807) is 0 Å². The summed E-state index contributed by atoms with van der Waals surface area (Å²) >= 11 is 0. The van der Waals surface area contributed by atoms with Gasteiger partial charge in [-0.05, 0) is 69.2 Å². The van der Waals surface area contributed by atoms with Crippen molar-refractivity contribution in [2.45, 2.75) is 19.3 Å². The molecule has 1 aromatic heterocycles. The predicted molar refractivity (Wildman–Crippen MR) is 163 cm³/mol. The zero-order valence-corrected chi connectivity index (χ0v) is 21.7. The van der Waals surface area contributed by atoms with Crippen molar-refractivity contribution < 1.29 is 4.42 Å². The van der Waals surface area contributed by atoms with Crippen LogP contribution in [0.5, 0.6) is 0 Å². The van der Waals surface area contributed by atoms with E-state index in [-0.39, 0.29) is 0 Å². The minimum Gasteiger partial charge on any atom is -0.455 e. The van der Waals surface area contributed by atoms with E-state index in [1.165, 1.54) is 54.6 Å². The second-order valence-electron chi connectivity index (χ2n) is 10.7. The molecule has 3 aliphatic rings. The largest absolute Gasteiger partial charge is 0.455 e. The molecule has 0 spiro atoms. The second kappa shape index (κ2) is 8.99. The fourth-order valence-electron chi connectivity index (χ4n) is 6.86. The van der Waals surface area contributed by atoms with Gasteiger partial charge in [-0.25, -0.2) is 0 Å². The lowest BCUT2D eigenvalue weighted by Crippen LogP contribution is -2.38. The summed E-state index contributed by atoms with van der Waals surface area (Å²) in [7, 11) is 0. The van der Waals surface area contributed by atoms with Crippen molar-refractivity contribution in [2.24, 2.45) is 5.92 Å². The Hall–Kier alpha value is -4.62. The second-order valence-corrected chi connectivity index (χ2v) is 10.7. The first-order chi connectivity index (χ1) is 19.4. The monoisotopic (exact) mass is 500 g/mol. The number of allylic oxidation sites excluding steroid dienone is 8. The summed E-state index contributed by atoms with van der Waals surface area (Å²) in [5, 5.41) is 5.09. The van der Waals surface area contributed by atoms with Crippen LogP contribution in [-0.4, -0.2) is 0 Å². The summed E-state index contributed by atoms with van der Waals surface area (Å²) < 4.78 is 6.65. The normalized spacial score (nSPS) is 18.2. The van der Waals surface area contributed by atoms with E-state index < -0.39 is 0 Å². The van der Waals surface area contributed by atoms with Crippen molar-refractivity contribution in [3.8, 4) is 11.1 Å². The molecule has 1 heteroatoms. The van der Waals surface area contributed by atoms with Gasteiger partial charge in [-0.3, -0.25) is 0 Å². The maximum Gasteiger partial charge on any atom is 0.143 e. The zero-order valence-electron chi connectivity index (χ0n) is 21.7. The van der Waals surface area contributed by atoms with Gasteiger partial charge >= 0.3 is 0 Å². The lowest BCUT2D eigenvalue weighted by molar-refractivity contribution is 0.670. The van der Waals surface area contributed by atoms with Gasteiger partial charge in [-0.15, -0.1) is 0 Å². The van der Waals surface area contributed by atoms with Crippen molar-refractivity contribution in [1.82, 2.24) is 0 Å². The first-order valence-corrected chi connectivity index (χ1v) is 14.0. The van der Waals surface area contributed by atoms with Gasteiger partial charge in [-0.2, -0.15) is 0 Å². The SMILES string of the molecule is C1=CCCC(C2=c3ccccc3=C(c3cccc4oc5c(-c6ccccc6)cccc5c34)C3CC=CC=C23)=C1. The summed E-state index contributed by atoms with van der Waals surface area (Å²) in [6.45, 7) is 0. The van der Waals surface area contributed by atoms with E-state index in [0.29, 0.717) is 5.92 Å². The summed E-state index contributed by atoms with van der Waals surface area (Å²) in [4.78, 5) is 0. The Labute approximate surface area is 228 Å². The molecule has 3 aliphatic carbocycles. The predicted octanol–water partition coefficient (Wildman–Crippen LogP) is 8.40. The Kier molecular flexibility index (Phi) is 5.16. The Balaban J connectivity index is 1.49. The van der Waals surface area contributed by atoms with Gasteiger partial charge in [0.15, 0.2) is 0 Å². The summed E-state index contributed by atoms with van der Waals surface area (Å²) in [5.74, 6) is 0.305. The molecule has 1 heterocycles. The fraction of sp³-hybridized carbons (Fsp3) is 0.105. The molecule has 8 rings (SSSR count). The maximum atomic E-state index is 6.65. The number of fused-ring (bicyclic) bond motifs is 5. The molecule has 0 bridgehead atoms. The Morgan fingerprint density at radius 2 is 1.46 bits per heavy atom. The van der Waals surface area contributed by atoms with Gasteiger partial charge in [-0.1, -0.05) is 121 Å². The molecule has 1 unspecified atom stereocenters. The van der Waals surface area contributed by atoms with Crippen molar-refractivity contribution in [2.75, 3.05) is 0 Å². The lowest BCUT2D eigenvalue weighted by Gasteiger charge is -2.32. The summed E-state index contributed by atoms with van der Waals surface area (Å²) in [6.07, 6.45) is 17.0. The van der Waals surface area contributed by atoms with Crippen molar-refractivity contribution in [3.63, 3.8) is 0 Å². The number of hydrogen-bond donors (Lipinski definition) is 0. The van der Waals surface area contributed by atoms with Gasteiger partial charge in [0.25, 0.3) is 0 Å².